The first-order valence-corrected chi connectivity index (χ1v) is 4.86. The van der Waals surface area contributed by atoms with E-state index in [2.05, 4.69) is 4.98 Å². The Kier molecular flexibility index (Phi) is 2.00. The van der Waals surface area contributed by atoms with E-state index >= 15 is 0 Å². The summed E-state index contributed by atoms with van der Waals surface area (Å²) in [5, 5.41) is 0.641. The Labute approximate surface area is 87.1 Å². The molecule has 1 aliphatic rings. The van der Waals surface area contributed by atoms with E-state index < -0.39 is 0 Å². The Morgan fingerprint density at radius 2 is 2.23 bits per heavy atom. The van der Waals surface area contributed by atoms with Crippen LogP contribution in [0.1, 0.15) is 18.5 Å². The van der Waals surface area contributed by atoms with Crippen LogP contribution in [0, 0.1) is 0 Å². The van der Waals surface area contributed by atoms with Crippen molar-refractivity contribution in [1.82, 2.24) is 4.98 Å². The van der Waals surface area contributed by atoms with Gasteiger partial charge in [-0.15, -0.1) is 0 Å². The van der Waals surface area contributed by atoms with Crippen LogP contribution in [0.2, 0.25) is 5.02 Å². The maximum atomic E-state index is 5.74. The Hall–Kier alpha value is -0.670. The molecule has 0 aromatic carbocycles. The Morgan fingerprint density at radius 3 is 2.62 bits per heavy atom. The first-order valence-electron chi connectivity index (χ1n) is 4.07. The van der Waals surface area contributed by atoms with Crippen LogP contribution in [0.25, 0.3) is 0 Å². The zero-order chi connectivity index (χ0) is 9.47. The smallest absolute Gasteiger partial charge is 0.0850 e. The number of aromatic nitrogens is 1. The highest BCUT2D eigenvalue weighted by molar-refractivity contribution is 7.80. The van der Waals surface area contributed by atoms with Gasteiger partial charge in [0.15, 0.2) is 0 Å². The number of hydrogen-bond acceptors (Lipinski definition) is 2. The predicted molar refractivity (Wildman–Crippen MR) is 56.9 cm³/mol. The number of pyridine rings is 1. The number of thiocarbonyl (C=S) groups is 1. The maximum absolute atomic E-state index is 5.74. The van der Waals surface area contributed by atoms with E-state index in [1.54, 1.807) is 6.20 Å². The zero-order valence-corrected chi connectivity index (χ0v) is 8.53. The van der Waals surface area contributed by atoms with Crippen molar-refractivity contribution in [3.63, 3.8) is 0 Å². The van der Waals surface area contributed by atoms with Gasteiger partial charge in [-0.1, -0.05) is 23.8 Å². The molecule has 0 radical (unpaired) electrons. The van der Waals surface area contributed by atoms with Crippen LogP contribution in [-0.2, 0) is 5.41 Å². The highest BCUT2D eigenvalue weighted by Crippen LogP contribution is 2.47. The van der Waals surface area contributed by atoms with Crippen molar-refractivity contribution < 1.29 is 0 Å². The molecule has 0 amide bonds. The molecule has 1 aromatic rings. The fraction of sp³-hybridized carbons (Fsp3) is 0.333. The molecule has 0 atom stereocenters. The van der Waals surface area contributed by atoms with Crippen LogP contribution in [0.3, 0.4) is 0 Å². The molecule has 13 heavy (non-hydrogen) atoms. The SMILES string of the molecule is NC(=S)C1(c2ccc(Cl)cn2)CC1. The molecule has 2 rings (SSSR count). The number of nitrogens with zero attached hydrogens (tertiary/aromatic N) is 1. The normalized spacial score (nSPS) is 18.2. The molecule has 2 N–H and O–H groups in total. The van der Waals surface area contributed by atoms with Gasteiger partial charge in [-0.2, -0.15) is 0 Å². The molecule has 1 fully saturated rings. The summed E-state index contributed by atoms with van der Waals surface area (Å²) >= 11 is 10.7. The van der Waals surface area contributed by atoms with E-state index in [1.165, 1.54) is 0 Å². The fourth-order valence-electron chi connectivity index (χ4n) is 1.41. The third-order valence-corrected chi connectivity index (χ3v) is 3.05. The largest absolute Gasteiger partial charge is 0.393 e. The summed E-state index contributed by atoms with van der Waals surface area (Å²) in [5.41, 5.74) is 6.48. The summed E-state index contributed by atoms with van der Waals surface area (Å²) in [6.45, 7) is 0. The Bertz CT molecular complexity index is 343. The van der Waals surface area contributed by atoms with Gasteiger partial charge in [0.1, 0.15) is 0 Å². The van der Waals surface area contributed by atoms with Crippen LogP contribution >= 0.6 is 23.8 Å². The maximum Gasteiger partial charge on any atom is 0.0850 e. The minimum atomic E-state index is -0.125. The van der Waals surface area contributed by atoms with E-state index in [0.717, 1.165) is 18.5 Å². The lowest BCUT2D eigenvalue weighted by atomic mass is 10.0. The molecular weight excluding hydrogens is 204 g/mol. The minimum absolute atomic E-state index is 0.125. The van der Waals surface area contributed by atoms with Crippen molar-refractivity contribution in [1.29, 1.82) is 0 Å². The molecular formula is C9H9ClN2S. The van der Waals surface area contributed by atoms with Gasteiger partial charge < -0.3 is 5.73 Å². The van der Waals surface area contributed by atoms with E-state index in [-0.39, 0.29) is 5.41 Å². The number of nitrogens with two attached hydrogens (primary N) is 1. The molecule has 1 saturated carbocycles. The molecule has 0 bridgehead atoms. The third kappa shape index (κ3) is 1.42. The van der Waals surface area contributed by atoms with E-state index in [1.807, 2.05) is 12.1 Å². The van der Waals surface area contributed by atoms with Crippen molar-refractivity contribution in [3.05, 3.63) is 29.0 Å². The molecule has 0 unspecified atom stereocenters. The molecule has 68 valence electrons. The summed E-state index contributed by atoms with van der Waals surface area (Å²) in [7, 11) is 0. The van der Waals surface area contributed by atoms with E-state index in [4.69, 9.17) is 29.6 Å². The van der Waals surface area contributed by atoms with Crippen molar-refractivity contribution in [2.75, 3.05) is 0 Å². The number of halogens is 1. The van der Waals surface area contributed by atoms with Crippen LogP contribution in [0.4, 0.5) is 0 Å². The Balaban J connectivity index is 2.36. The molecule has 4 heteroatoms. The summed E-state index contributed by atoms with van der Waals surface area (Å²) in [5.74, 6) is 0. The molecule has 0 spiro atoms. The lowest BCUT2D eigenvalue weighted by Gasteiger charge is -2.11. The van der Waals surface area contributed by atoms with Gasteiger partial charge >= 0.3 is 0 Å². The predicted octanol–water partition coefficient (Wildman–Crippen LogP) is 2.05. The quantitative estimate of drug-likeness (QED) is 0.763. The molecule has 1 aromatic heterocycles. The highest BCUT2D eigenvalue weighted by atomic mass is 35.5. The first kappa shape index (κ1) is 8.91. The summed E-state index contributed by atoms with van der Waals surface area (Å²) in [6.07, 6.45) is 3.66. The van der Waals surface area contributed by atoms with Crippen molar-refractivity contribution >= 4 is 28.8 Å². The van der Waals surface area contributed by atoms with Gasteiger partial charge in [0.2, 0.25) is 0 Å². The monoisotopic (exact) mass is 212 g/mol. The molecule has 0 saturated heterocycles. The summed E-state index contributed by atoms with van der Waals surface area (Å²) < 4.78 is 0. The lowest BCUT2D eigenvalue weighted by molar-refractivity contribution is 0.892. The van der Waals surface area contributed by atoms with E-state index in [0.29, 0.717) is 10.0 Å². The van der Waals surface area contributed by atoms with Gasteiger partial charge in [-0.05, 0) is 25.0 Å². The molecule has 1 aliphatic carbocycles. The standard InChI is InChI=1S/C9H9ClN2S/c10-6-1-2-7(12-5-6)9(3-4-9)8(11)13/h1-2,5H,3-4H2,(H2,11,13). The minimum Gasteiger partial charge on any atom is -0.393 e. The fourth-order valence-corrected chi connectivity index (χ4v) is 1.83. The Morgan fingerprint density at radius 1 is 1.54 bits per heavy atom. The zero-order valence-electron chi connectivity index (χ0n) is 6.96. The van der Waals surface area contributed by atoms with Gasteiger partial charge in [-0.25, -0.2) is 0 Å². The second-order valence-electron chi connectivity index (χ2n) is 3.31. The molecule has 0 aliphatic heterocycles. The summed E-state index contributed by atoms with van der Waals surface area (Å²) in [4.78, 5) is 4.78. The number of rotatable bonds is 2. The lowest BCUT2D eigenvalue weighted by Crippen LogP contribution is -2.27. The van der Waals surface area contributed by atoms with Gasteiger partial charge in [0.25, 0.3) is 0 Å². The van der Waals surface area contributed by atoms with Crippen LogP contribution in [0.5, 0.6) is 0 Å². The van der Waals surface area contributed by atoms with Crippen LogP contribution < -0.4 is 5.73 Å². The average molecular weight is 213 g/mol. The summed E-state index contributed by atoms with van der Waals surface area (Å²) in [6, 6.07) is 3.72. The van der Waals surface area contributed by atoms with Crippen LogP contribution in [-0.4, -0.2) is 9.97 Å². The molecule has 1 heterocycles. The topological polar surface area (TPSA) is 38.9 Å². The average Bonchev–Trinajstić information content (AvgIpc) is 2.86. The number of hydrogen-bond donors (Lipinski definition) is 1. The second kappa shape index (κ2) is 2.93. The highest BCUT2D eigenvalue weighted by Gasteiger charge is 2.48. The van der Waals surface area contributed by atoms with E-state index in [9.17, 15) is 0 Å². The first-order chi connectivity index (χ1) is 6.15. The van der Waals surface area contributed by atoms with Crippen molar-refractivity contribution in [3.8, 4) is 0 Å². The van der Waals surface area contributed by atoms with Gasteiger partial charge in [0, 0.05) is 6.20 Å². The van der Waals surface area contributed by atoms with Gasteiger partial charge in [0.05, 0.1) is 21.1 Å². The van der Waals surface area contributed by atoms with Crippen LogP contribution in [0.15, 0.2) is 18.3 Å². The third-order valence-electron chi connectivity index (χ3n) is 2.44. The van der Waals surface area contributed by atoms with Crippen molar-refractivity contribution in [2.45, 2.75) is 18.3 Å². The van der Waals surface area contributed by atoms with Gasteiger partial charge in [-0.3, -0.25) is 4.98 Å². The second-order valence-corrected chi connectivity index (χ2v) is 4.18. The molecule has 2 nitrogen and oxygen atoms in total. The van der Waals surface area contributed by atoms with Crippen molar-refractivity contribution in [2.24, 2.45) is 5.73 Å².